The van der Waals surface area contributed by atoms with Gasteiger partial charge in [-0.3, -0.25) is 4.90 Å². The molecular weight excluding hydrogens is 254 g/mol. The molecule has 0 radical (unpaired) electrons. The zero-order valence-electron chi connectivity index (χ0n) is 12.7. The molecule has 0 amide bonds. The highest BCUT2D eigenvalue weighted by molar-refractivity contribution is 4.96. The Morgan fingerprint density at radius 2 is 2.20 bits per heavy atom. The fraction of sp³-hybridized carbons (Fsp3) is 0.800. The summed E-state index contributed by atoms with van der Waals surface area (Å²) in [7, 11) is 0. The lowest BCUT2D eigenvalue weighted by Gasteiger charge is -2.35. The monoisotopic (exact) mass is 281 g/mol. The SMILES string of the molecule is CCCN1CCOC(C(O)Cc2nccn2CCC)C1. The van der Waals surface area contributed by atoms with Crippen LogP contribution in [0.3, 0.4) is 0 Å². The third-order valence-corrected chi connectivity index (χ3v) is 3.80. The van der Waals surface area contributed by atoms with E-state index in [-0.39, 0.29) is 6.10 Å². The molecule has 0 aliphatic carbocycles. The van der Waals surface area contributed by atoms with E-state index in [1.54, 1.807) is 0 Å². The van der Waals surface area contributed by atoms with Crippen LogP contribution in [-0.2, 0) is 17.7 Å². The minimum absolute atomic E-state index is 0.0953. The predicted molar refractivity (Wildman–Crippen MR) is 78.7 cm³/mol. The summed E-state index contributed by atoms with van der Waals surface area (Å²) in [4.78, 5) is 6.73. The second-order valence-corrected chi connectivity index (χ2v) is 5.52. The molecule has 1 aliphatic rings. The largest absolute Gasteiger partial charge is 0.390 e. The Morgan fingerprint density at radius 1 is 1.40 bits per heavy atom. The second kappa shape index (κ2) is 7.76. The first-order chi connectivity index (χ1) is 9.74. The standard InChI is InChI=1S/C15H27N3O2/c1-3-6-17-9-10-20-14(12-17)13(19)11-15-16-5-8-18(15)7-4-2/h5,8,13-14,19H,3-4,6-7,9-12H2,1-2H3. The lowest BCUT2D eigenvalue weighted by atomic mass is 10.1. The minimum Gasteiger partial charge on any atom is -0.390 e. The van der Waals surface area contributed by atoms with Gasteiger partial charge in [-0.15, -0.1) is 0 Å². The summed E-state index contributed by atoms with van der Waals surface area (Å²) in [5.41, 5.74) is 0. The van der Waals surface area contributed by atoms with Crippen molar-refractivity contribution in [3.05, 3.63) is 18.2 Å². The molecule has 2 unspecified atom stereocenters. The number of morpholine rings is 1. The van der Waals surface area contributed by atoms with E-state index in [9.17, 15) is 5.11 Å². The molecule has 0 saturated carbocycles. The Hall–Kier alpha value is -0.910. The third kappa shape index (κ3) is 4.04. The molecule has 1 aromatic heterocycles. The molecule has 1 fully saturated rings. The lowest BCUT2D eigenvalue weighted by molar-refractivity contribution is -0.0883. The topological polar surface area (TPSA) is 50.5 Å². The maximum atomic E-state index is 10.4. The van der Waals surface area contributed by atoms with E-state index in [0.717, 1.165) is 44.8 Å². The van der Waals surface area contributed by atoms with Crippen LogP contribution >= 0.6 is 0 Å². The van der Waals surface area contributed by atoms with Crippen molar-refractivity contribution in [3.8, 4) is 0 Å². The Labute approximate surface area is 121 Å². The second-order valence-electron chi connectivity index (χ2n) is 5.52. The summed E-state index contributed by atoms with van der Waals surface area (Å²) in [6.07, 6.45) is 6.00. The molecule has 0 aromatic carbocycles. The molecule has 5 nitrogen and oxygen atoms in total. The molecule has 20 heavy (non-hydrogen) atoms. The van der Waals surface area contributed by atoms with Crippen molar-refractivity contribution in [2.45, 2.75) is 51.9 Å². The number of aliphatic hydroxyl groups is 1. The van der Waals surface area contributed by atoms with Gasteiger partial charge < -0.3 is 14.4 Å². The van der Waals surface area contributed by atoms with Crippen LogP contribution in [0.1, 0.15) is 32.5 Å². The molecular formula is C15H27N3O2. The zero-order chi connectivity index (χ0) is 14.4. The van der Waals surface area contributed by atoms with Crippen LogP contribution in [0.15, 0.2) is 12.4 Å². The first-order valence-electron chi connectivity index (χ1n) is 7.76. The predicted octanol–water partition coefficient (Wildman–Crippen LogP) is 1.31. The normalized spacial score (nSPS) is 22.1. The molecule has 1 aromatic rings. The average molecular weight is 281 g/mol. The number of rotatable bonds is 7. The zero-order valence-corrected chi connectivity index (χ0v) is 12.7. The van der Waals surface area contributed by atoms with E-state index in [4.69, 9.17) is 4.74 Å². The van der Waals surface area contributed by atoms with Crippen molar-refractivity contribution < 1.29 is 9.84 Å². The number of nitrogens with zero attached hydrogens (tertiary/aromatic N) is 3. The van der Waals surface area contributed by atoms with E-state index < -0.39 is 6.10 Å². The third-order valence-electron chi connectivity index (χ3n) is 3.80. The van der Waals surface area contributed by atoms with Crippen molar-refractivity contribution >= 4 is 0 Å². The van der Waals surface area contributed by atoms with Crippen LogP contribution < -0.4 is 0 Å². The molecule has 2 rings (SSSR count). The summed E-state index contributed by atoms with van der Waals surface area (Å²) >= 11 is 0. The number of hydrogen-bond donors (Lipinski definition) is 1. The van der Waals surface area contributed by atoms with Gasteiger partial charge in [-0.1, -0.05) is 13.8 Å². The Balaban J connectivity index is 1.90. The van der Waals surface area contributed by atoms with Gasteiger partial charge in [-0.25, -0.2) is 4.98 Å². The van der Waals surface area contributed by atoms with E-state index >= 15 is 0 Å². The van der Waals surface area contributed by atoms with Crippen LogP contribution in [-0.4, -0.2) is 58.0 Å². The van der Waals surface area contributed by atoms with Crippen molar-refractivity contribution in [2.24, 2.45) is 0 Å². The summed E-state index contributed by atoms with van der Waals surface area (Å²) < 4.78 is 7.86. The Bertz CT molecular complexity index is 392. The van der Waals surface area contributed by atoms with Gasteiger partial charge in [0.2, 0.25) is 0 Å². The van der Waals surface area contributed by atoms with Gasteiger partial charge in [0, 0.05) is 38.4 Å². The number of aromatic nitrogens is 2. The summed E-state index contributed by atoms with van der Waals surface area (Å²) in [6, 6.07) is 0. The van der Waals surface area contributed by atoms with E-state index in [0.29, 0.717) is 13.0 Å². The minimum atomic E-state index is -0.479. The van der Waals surface area contributed by atoms with Crippen molar-refractivity contribution in [2.75, 3.05) is 26.2 Å². The van der Waals surface area contributed by atoms with Gasteiger partial charge in [-0.05, 0) is 19.4 Å². The van der Waals surface area contributed by atoms with Gasteiger partial charge in [0.05, 0.1) is 18.8 Å². The molecule has 1 aliphatic heterocycles. The highest BCUT2D eigenvalue weighted by atomic mass is 16.5. The lowest BCUT2D eigenvalue weighted by Crippen LogP contribution is -2.48. The van der Waals surface area contributed by atoms with E-state index in [1.807, 2.05) is 12.4 Å². The maximum Gasteiger partial charge on any atom is 0.111 e. The van der Waals surface area contributed by atoms with Gasteiger partial charge in [-0.2, -0.15) is 0 Å². The Morgan fingerprint density at radius 3 is 2.95 bits per heavy atom. The molecule has 2 heterocycles. The quantitative estimate of drug-likeness (QED) is 0.818. The fourth-order valence-corrected chi connectivity index (χ4v) is 2.78. The first kappa shape index (κ1) is 15.5. The first-order valence-corrected chi connectivity index (χ1v) is 7.76. The van der Waals surface area contributed by atoms with Crippen LogP contribution in [0.5, 0.6) is 0 Å². The van der Waals surface area contributed by atoms with Crippen molar-refractivity contribution in [3.63, 3.8) is 0 Å². The van der Waals surface area contributed by atoms with Gasteiger partial charge in [0.1, 0.15) is 5.82 Å². The van der Waals surface area contributed by atoms with Gasteiger partial charge in [0.25, 0.3) is 0 Å². The van der Waals surface area contributed by atoms with Crippen LogP contribution in [0, 0.1) is 0 Å². The molecule has 2 atom stereocenters. The maximum absolute atomic E-state index is 10.4. The highest BCUT2D eigenvalue weighted by Crippen LogP contribution is 2.13. The van der Waals surface area contributed by atoms with Crippen LogP contribution in [0.4, 0.5) is 0 Å². The summed E-state index contributed by atoms with van der Waals surface area (Å²) in [6.45, 7) is 8.87. The molecule has 0 spiro atoms. The smallest absolute Gasteiger partial charge is 0.111 e. The summed E-state index contributed by atoms with van der Waals surface area (Å²) in [5, 5.41) is 10.4. The molecule has 1 saturated heterocycles. The van der Waals surface area contributed by atoms with Crippen LogP contribution in [0.25, 0.3) is 0 Å². The number of hydrogen-bond acceptors (Lipinski definition) is 4. The van der Waals surface area contributed by atoms with Crippen LogP contribution in [0.2, 0.25) is 0 Å². The van der Waals surface area contributed by atoms with Crippen molar-refractivity contribution in [1.29, 1.82) is 0 Å². The molecule has 5 heteroatoms. The van der Waals surface area contributed by atoms with Crippen molar-refractivity contribution in [1.82, 2.24) is 14.5 Å². The molecule has 0 bridgehead atoms. The fourth-order valence-electron chi connectivity index (χ4n) is 2.78. The summed E-state index contributed by atoms with van der Waals surface area (Å²) in [5.74, 6) is 0.954. The van der Waals surface area contributed by atoms with Gasteiger partial charge >= 0.3 is 0 Å². The highest BCUT2D eigenvalue weighted by Gasteiger charge is 2.27. The van der Waals surface area contributed by atoms with E-state index in [2.05, 4.69) is 28.3 Å². The number of aliphatic hydroxyl groups excluding tert-OH is 1. The molecule has 114 valence electrons. The van der Waals surface area contributed by atoms with E-state index in [1.165, 1.54) is 0 Å². The molecule has 1 N–H and O–H groups in total. The number of imidazole rings is 1. The number of ether oxygens (including phenoxy) is 1. The van der Waals surface area contributed by atoms with Gasteiger partial charge in [0.15, 0.2) is 0 Å². The average Bonchev–Trinajstić information content (AvgIpc) is 2.87. The Kier molecular flexibility index (Phi) is 6.01. The number of aryl methyl sites for hydroxylation is 1.